The molecule has 0 spiro atoms. The first kappa shape index (κ1) is 23.3. The van der Waals surface area contributed by atoms with E-state index in [1.54, 1.807) is 13.3 Å². The van der Waals surface area contributed by atoms with E-state index in [-0.39, 0.29) is 11.7 Å². The molecule has 0 radical (unpaired) electrons. The highest BCUT2D eigenvalue weighted by Gasteiger charge is 2.12. The third-order valence-corrected chi connectivity index (χ3v) is 6.02. The minimum atomic E-state index is -0.113. The lowest BCUT2D eigenvalue weighted by Crippen LogP contribution is -2.25. The maximum atomic E-state index is 12.4. The number of ether oxygens (including phenoxy) is 2. The predicted octanol–water partition coefficient (Wildman–Crippen LogP) is 4.26. The van der Waals surface area contributed by atoms with Crippen molar-refractivity contribution in [3.8, 4) is 22.8 Å². The molecule has 0 bridgehead atoms. The van der Waals surface area contributed by atoms with Gasteiger partial charge in [0.2, 0.25) is 5.91 Å². The number of methoxy groups -OCH3 is 1. The van der Waals surface area contributed by atoms with Gasteiger partial charge in [-0.3, -0.25) is 4.79 Å². The van der Waals surface area contributed by atoms with E-state index >= 15 is 0 Å². The molecular weight excluding hydrogens is 448 g/mol. The number of hydrogen-bond acceptors (Lipinski definition) is 6. The van der Waals surface area contributed by atoms with Gasteiger partial charge in [-0.25, -0.2) is 9.66 Å². The van der Waals surface area contributed by atoms with Gasteiger partial charge in [0.05, 0.1) is 24.8 Å². The lowest BCUT2D eigenvalue weighted by Gasteiger charge is -2.13. The number of nitrogens with two attached hydrogens (primary N) is 1. The molecule has 1 heterocycles. The van der Waals surface area contributed by atoms with Crippen LogP contribution < -0.4 is 20.6 Å². The second-order valence-electron chi connectivity index (χ2n) is 7.51. The lowest BCUT2D eigenvalue weighted by molar-refractivity contribution is -0.118. The topological polar surface area (TPSA) is 91.4 Å². The Hall–Kier alpha value is -3.91. The van der Waals surface area contributed by atoms with Crippen molar-refractivity contribution in [2.75, 3.05) is 18.7 Å². The smallest absolute Gasteiger partial charge is 0.230 e. The number of carbonyl (C=O) groups is 1. The van der Waals surface area contributed by atoms with Crippen LogP contribution in [0.2, 0.25) is 0 Å². The van der Waals surface area contributed by atoms with E-state index in [4.69, 9.17) is 15.3 Å². The number of amides is 1. The number of aromatic nitrogens is 2. The fourth-order valence-electron chi connectivity index (χ4n) is 3.29. The highest BCUT2D eigenvalue weighted by Crippen LogP contribution is 2.29. The summed E-state index contributed by atoms with van der Waals surface area (Å²) in [6.45, 7) is 0.828. The molecule has 1 aromatic heterocycles. The normalized spacial score (nSPS) is 10.6. The molecule has 0 aliphatic carbocycles. The SMILES string of the molecule is COc1cc(CNC(=O)CSc2nc(-c3ccccc3)cn2N)ccc1OCc1ccccc1. The Bertz CT molecular complexity index is 1230. The number of carbonyl (C=O) groups excluding carboxylic acids is 1. The van der Waals surface area contributed by atoms with Crippen molar-refractivity contribution in [2.45, 2.75) is 18.3 Å². The van der Waals surface area contributed by atoms with Crippen LogP contribution in [0.4, 0.5) is 0 Å². The Morgan fingerprint density at radius 2 is 1.74 bits per heavy atom. The molecule has 0 atom stereocenters. The van der Waals surface area contributed by atoms with Gasteiger partial charge in [0.25, 0.3) is 0 Å². The summed E-state index contributed by atoms with van der Waals surface area (Å²) in [4.78, 5) is 16.9. The van der Waals surface area contributed by atoms with Crippen LogP contribution in [0.3, 0.4) is 0 Å². The second kappa shape index (κ2) is 11.3. The largest absolute Gasteiger partial charge is 0.493 e. The zero-order valence-corrected chi connectivity index (χ0v) is 19.6. The van der Waals surface area contributed by atoms with Gasteiger partial charge in [0.15, 0.2) is 16.7 Å². The number of nitrogens with zero attached hydrogens (tertiary/aromatic N) is 2. The van der Waals surface area contributed by atoms with Crippen molar-refractivity contribution >= 4 is 17.7 Å². The van der Waals surface area contributed by atoms with Crippen LogP contribution >= 0.6 is 11.8 Å². The molecule has 4 aromatic rings. The van der Waals surface area contributed by atoms with Crippen molar-refractivity contribution in [2.24, 2.45) is 0 Å². The standard InChI is InChI=1S/C26H26N4O3S/c1-32-24-14-20(12-13-23(24)33-17-19-8-4-2-5-9-19)15-28-25(31)18-34-26-29-22(16-30(26)27)21-10-6-3-7-11-21/h2-14,16H,15,17-18,27H2,1H3,(H,28,31). The van der Waals surface area contributed by atoms with E-state index in [1.165, 1.54) is 16.4 Å². The third kappa shape index (κ3) is 6.11. The van der Waals surface area contributed by atoms with Crippen LogP contribution in [0.15, 0.2) is 90.2 Å². The van der Waals surface area contributed by atoms with Crippen molar-refractivity contribution in [1.29, 1.82) is 0 Å². The molecule has 8 heteroatoms. The predicted molar refractivity (Wildman–Crippen MR) is 134 cm³/mol. The Morgan fingerprint density at radius 1 is 1.00 bits per heavy atom. The average Bonchev–Trinajstić information content (AvgIpc) is 3.26. The first-order chi connectivity index (χ1) is 16.6. The Kier molecular flexibility index (Phi) is 7.72. The first-order valence-corrected chi connectivity index (χ1v) is 11.7. The summed E-state index contributed by atoms with van der Waals surface area (Å²) >= 11 is 1.29. The summed E-state index contributed by atoms with van der Waals surface area (Å²) in [6.07, 6.45) is 1.75. The molecule has 7 nitrogen and oxygen atoms in total. The van der Waals surface area contributed by atoms with Crippen LogP contribution in [0, 0.1) is 0 Å². The second-order valence-corrected chi connectivity index (χ2v) is 8.45. The Labute approximate surface area is 202 Å². The van der Waals surface area contributed by atoms with Crippen molar-refractivity contribution < 1.29 is 14.3 Å². The number of rotatable bonds is 10. The molecule has 0 aliphatic heterocycles. The highest BCUT2D eigenvalue weighted by molar-refractivity contribution is 7.99. The average molecular weight is 475 g/mol. The minimum absolute atomic E-state index is 0.113. The zero-order chi connectivity index (χ0) is 23.8. The van der Waals surface area contributed by atoms with Gasteiger partial charge in [-0.05, 0) is 23.3 Å². The number of nitrogen functional groups attached to an aromatic ring is 1. The van der Waals surface area contributed by atoms with Gasteiger partial charge < -0.3 is 20.6 Å². The lowest BCUT2D eigenvalue weighted by atomic mass is 10.2. The summed E-state index contributed by atoms with van der Waals surface area (Å²) in [6, 6.07) is 25.3. The summed E-state index contributed by atoms with van der Waals surface area (Å²) in [7, 11) is 1.60. The van der Waals surface area contributed by atoms with Crippen LogP contribution in [-0.4, -0.2) is 28.4 Å². The Balaban J connectivity index is 1.28. The molecule has 0 unspecified atom stereocenters. The number of thioether (sulfide) groups is 1. The van der Waals surface area contributed by atoms with Gasteiger partial charge in [0, 0.05) is 12.1 Å². The minimum Gasteiger partial charge on any atom is -0.493 e. The number of benzene rings is 3. The van der Waals surface area contributed by atoms with Crippen LogP contribution in [0.1, 0.15) is 11.1 Å². The van der Waals surface area contributed by atoms with E-state index in [2.05, 4.69) is 10.3 Å². The molecule has 34 heavy (non-hydrogen) atoms. The third-order valence-electron chi connectivity index (χ3n) is 5.06. The zero-order valence-electron chi connectivity index (χ0n) is 18.8. The van der Waals surface area contributed by atoms with Crippen molar-refractivity contribution in [3.05, 3.63) is 96.2 Å². The molecular formula is C26H26N4O3S. The van der Waals surface area contributed by atoms with Crippen molar-refractivity contribution in [1.82, 2.24) is 15.0 Å². The molecule has 0 saturated heterocycles. The number of hydrogen-bond donors (Lipinski definition) is 2. The molecule has 1 amide bonds. The van der Waals surface area contributed by atoms with E-state index in [0.29, 0.717) is 29.8 Å². The van der Waals surface area contributed by atoms with E-state index in [9.17, 15) is 4.79 Å². The van der Waals surface area contributed by atoms with E-state index in [0.717, 1.165) is 22.4 Å². The summed E-state index contributed by atoms with van der Waals surface area (Å²) in [5.41, 5.74) is 3.73. The van der Waals surface area contributed by atoms with Gasteiger partial charge in [-0.1, -0.05) is 78.5 Å². The quantitative estimate of drug-likeness (QED) is 0.264. The van der Waals surface area contributed by atoms with Gasteiger partial charge in [0.1, 0.15) is 6.61 Å². The van der Waals surface area contributed by atoms with Crippen LogP contribution in [0.5, 0.6) is 11.5 Å². The maximum absolute atomic E-state index is 12.4. The van der Waals surface area contributed by atoms with Crippen molar-refractivity contribution in [3.63, 3.8) is 0 Å². The molecule has 0 fully saturated rings. The fraction of sp³-hybridized carbons (Fsp3) is 0.154. The summed E-state index contributed by atoms with van der Waals surface area (Å²) in [5.74, 6) is 7.38. The summed E-state index contributed by atoms with van der Waals surface area (Å²) in [5, 5.41) is 3.50. The molecule has 0 aliphatic rings. The highest BCUT2D eigenvalue weighted by atomic mass is 32.2. The molecule has 3 aromatic carbocycles. The number of nitrogens with one attached hydrogen (secondary N) is 1. The molecule has 3 N–H and O–H groups in total. The Morgan fingerprint density at radius 3 is 2.47 bits per heavy atom. The van der Waals surface area contributed by atoms with Gasteiger partial charge in [-0.15, -0.1) is 0 Å². The first-order valence-electron chi connectivity index (χ1n) is 10.8. The van der Waals surface area contributed by atoms with Crippen LogP contribution in [0.25, 0.3) is 11.3 Å². The van der Waals surface area contributed by atoms with E-state index < -0.39 is 0 Å². The van der Waals surface area contributed by atoms with Gasteiger partial charge >= 0.3 is 0 Å². The maximum Gasteiger partial charge on any atom is 0.230 e. The summed E-state index contributed by atoms with van der Waals surface area (Å²) < 4.78 is 12.8. The van der Waals surface area contributed by atoms with Gasteiger partial charge in [-0.2, -0.15) is 0 Å². The molecule has 174 valence electrons. The monoisotopic (exact) mass is 474 g/mol. The fourth-order valence-corrected chi connectivity index (χ4v) is 4.02. The van der Waals surface area contributed by atoms with E-state index in [1.807, 2.05) is 78.9 Å². The van der Waals surface area contributed by atoms with Crippen LogP contribution in [-0.2, 0) is 17.9 Å². The molecule has 0 saturated carbocycles. The molecule has 4 rings (SSSR count). The number of imidazole rings is 1.